The number of methoxy groups -OCH3 is 1. The molecule has 7 heteroatoms. The van der Waals surface area contributed by atoms with E-state index in [1.165, 1.54) is 55.6 Å². The van der Waals surface area contributed by atoms with Crippen molar-refractivity contribution in [2.24, 2.45) is 0 Å². The molecule has 0 amide bonds. The number of phenolic OH excluding ortho intramolecular Hbond substituents is 1. The number of likely N-dealkylation sites (tertiary alicyclic amines) is 1. The van der Waals surface area contributed by atoms with Crippen LogP contribution in [0.15, 0.2) is 42.5 Å². The fourth-order valence-corrected chi connectivity index (χ4v) is 3.68. The molecule has 1 heterocycles. The largest absolute Gasteiger partial charge is 0.507 e. The number of alkyl halides is 2. The number of halogens is 2. The highest BCUT2D eigenvalue weighted by Gasteiger charge is 2.18. The highest BCUT2D eigenvalue weighted by atomic mass is 19.3. The molecule has 0 saturated carbocycles. The molecule has 30 heavy (non-hydrogen) atoms. The topological polar surface area (TPSA) is 60.2 Å². The zero-order valence-electron chi connectivity index (χ0n) is 16.9. The molecule has 0 aliphatic carbocycles. The number of ketones is 1. The minimum atomic E-state index is -3.01. The quantitative estimate of drug-likeness (QED) is 0.509. The normalized spacial score (nSPS) is 14.9. The SMILES string of the molecule is COc1cccc(/C=C/C(=O)c2ccc(O)c(C[NH+]3CCCCC3)c2)c1OC(F)F. The fourth-order valence-electron chi connectivity index (χ4n) is 3.68. The van der Waals surface area contributed by atoms with Gasteiger partial charge in [-0.15, -0.1) is 0 Å². The van der Waals surface area contributed by atoms with Crippen LogP contribution < -0.4 is 14.4 Å². The van der Waals surface area contributed by atoms with Crippen LogP contribution in [-0.2, 0) is 6.54 Å². The van der Waals surface area contributed by atoms with Gasteiger partial charge < -0.3 is 19.5 Å². The lowest BCUT2D eigenvalue weighted by Crippen LogP contribution is -3.11. The maximum absolute atomic E-state index is 12.8. The monoisotopic (exact) mass is 418 g/mol. The van der Waals surface area contributed by atoms with Crippen molar-refractivity contribution in [3.05, 3.63) is 59.2 Å². The molecule has 2 aromatic carbocycles. The number of allylic oxidation sites excluding steroid dienone is 1. The Morgan fingerprint density at radius 3 is 2.67 bits per heavy atom. The highest BCUT2D eigenvalue weighted by Crippen LogP contribution is 2.33. The molecule has 1 saturated heterocycles. The van der Waals surface area contributed by atoms with Gasteiger partial charge in [-0.05, 0) is 55.7 Å². The highest BCUT2D eigenvalue weighted by molar-refractivity contribution is 6.07. The zero-order valence-corrected chi connectivity index (χ0v) is 16.9. The third-order valence-corrected chi connectivity index (χ3v) is 5.22. The molecule has 0 radical (unpaired) electrons. The first-order chi connectivity index (χ1) is 14.5. The molecule has 0 atom stereocenters. The molecule has 1 fully saturated rings. The van der Waals surface area contributed by atoms with Crippen molar-refractivity contribution in [3.8, 4) is 17.2 Å². The van der Waals surface area contributed by atoms with E-state index in [1.54, 1.807) is 24.3 Å². The molecule has 2 aromatic rings. The van der Waals surface area contributed by atoms with E-state index in [0.717, 1.165) is 18.7 Å². The summed E-state index contributed by atoms with van der Waals surface area (Å²) in [5.41, 5.74) is 1.46. The number of aromatic hydroxyl groups is 1. The second-order valence-corrected chi connectivity index (χ2v) is 7.29. The molecule has 5 nitrogen and oxygen atoms in total. The Bertz CT molecular complexity index is 908. The van der Waals surface area contributed by atoms with E-state index in [4.69, 9.17) is 4.74 Å². The number of hydrogen-bond donors (Lipinski definition) is 2. The number of nitrogens with one attached hydrogen (secondary N) is 1. The Morgan fingerprint density at radius 1 is 1.20 bits per heavy atom. The Hall–Kier alpha value is -2.93. The van der Waals surface area contributed by atoms with Gasteiger partial charge in [0.1, 0.15) is 12.3 Å². The molecule has 0 aromatic heterocycles. The lowest BCUT2D eigenvalue weighted by atomic mass is 10.0. The predicted molar refractivity (Wildman–Crippen MR) is 109 cm³/mol. The standard InChI is InChI=1S/C23H25F2NO4/c1-29-21-7-5-6-16(22(21)30-23(24)25)8-10-19(27)17-9-11-20(28)18(14-17)15-26-12-3-2-4-13-26/h5-11,14,23,28H,2-4,12-13,15H2,1H3/p+1/b10-8+. The van der Waals surface area contributed by atoms with Crippen LogP contribution in [0.2, 0.25) is 0 Å². The van der Waals surface area contributed by atoms with Gasteiger partial charge in [-0.25, -0.2) is 0 Å². The lowest BCUT2D eigenvalue weighted by molar-refractivity contribution is -0.918. The van der Waals surface area contributed by atoms with E-state index >= 15 is 0 Å². The van der Waals surface area contributed by atoms with E-state index in [1.807, 2.05) is 0 Å². The Labute approximate surface area is 174 Å². The molecule has 1 aliphatic heterocycles. The van der Waals surface area contributed by atoms with Gasteiger partial charge >= 0.3 is 6.61 Å². The lowest BCUT2D eigenvalue weighted by Gasteiger charge is -2.23. The second kappa shape index (κ2) is 10.2. The minimum absolute atomic E-state index is 0.126. The molecular formula is C23H26F2NO4+. The van der Waals surface area contributed by atoms with Gasteiger partial charge in [0, 0.05) is 16.7 Å². The predicted octanol–water partition coefficient (Wildman–Crippen LogP) is 3.47. The number of benzene rings is 2. The van der Waals surface area contributed by atoms with Crippen LogP contribution in [0.3, 0.4) is 0 Å². The summed E-state index contributed by atoms with van der Waals surface area (Å²) in [6, 6.07) is 9.47. The smallest absolute Gasteiger partial charge is 0.387 e. The summed E-state index contributed by atoms with van der Waals surface area (Å²) < 4.78 is 35.2. The number of phenols is 1. The Morgan fingerprint density at radius 2 is 1.97 bits per heavy atom. The number of quaternary nitrogens is 1. The average molecular weight is 418 g/mol. The first kappa shape index (κ1) is 21.8. The van der Waals surface area contributed by atoms with Crippen LogP contribution in [0, 0.1) is 0 Å². The van der Waals surface area contributed by atoms with E-state index in [2.05, 4.69) is 4.74 Å². The van der Waals surface area contributed by atoms with Crippen molar-refractivity contribution >= 4 is 11.9 Å². The Balaban J connectivity index is 1.79. The van der Waals surface area contributed by atoms with Crippen molar-refractivity contribution in [2.75, 3.05) is 20.2 Å². The van der Waals surface area contributed by atoms with Crippen LogP contribution in [0.25, 0.3) is 6.08 Å². The summed E-state index contributed by atoms with van der Waals surface area (Å²) in [5.74, 6) is -0.0924. The van der Waals surface area contributed by atoms with E-state index in [-0.39, 0.29) is 23.0 Å². The molecule has 160 valence electrons. The van der Waals surface area contributed by atoms with Crippen molar-refractivity contribution in [3.63, 3.8) is 0 Å². The van der Waals surface area contributed by atoms with Gasteiger partial charge in [0.25, 0.3) is 0 Å². The summed E-state index contributed by atoms with van der Waals surface area (Å²) in [5, 5.41) is 10.2. The van der Waals surface area contributed by atoms with Gasteiger partial charge in [-0.1, -0.05) is 12.1 Å². The number of rotatable bonds is 8. The van der Waals surface area contributed by atoms with Crippen LogP contribution >= 0.6 is 0 Å². The molecule has 2 N–H and O–H groups in total. The van der Waals surface area contributed by atoms with Crippen molar-refractivity contribution in [1.29, 1.82) is 0 Å². The summed E-state index contributed by atoms with van der Waals surface area (Å²) >= 11 is 0. The third-order valence-electron chi connectivity index (χ3n) is 5.22. The maximum atomic E-state index is 12.8. The van der Waals surface area contributed by atoms with Crippen LogP contribution in [0.4, 0.5) is 8.78 Å². The number of carbonyl (C=O) groups excluding carboxylic acids is 1. The van der Waals surface area contributed by atoms with Crippen molar-refractivity contribution in [2.45, 2.75) is 32.4 Å². The molecule has 3 rings (SSSR count). The first-order valence-corrected chi connectivity index (χ1v) is 9.97. The molecule has 0 unspecified atom stereocenters. The number of carbonyl (C=O) groups is 1. The summed E-state index contributed by atoms with van der Waals surface area (Å²) in [7, 11) is 1.36. The summed E-state index contributed by atoms with van der Waals surface area (Å²) in [4.78, 5) is 14.1. The van der Waals surface area contributed by atoms with Crippen LogP contribution in [0.5, 0.6) is 17.2 Å². The molecule has 0 spiro atoms. The van der Waals surface area contributed by atoms with Crippen LogP contribution in [-0.4, -0.2) is 37.7 Å². The third kappa shape index (κ3) is 5.57. The van der Waals surface area contributed by atoms with Crippen molar-refractivity contribution in [1.82, 2.24) is 0 Å². The van der Waals surface area contributed by atoms with E-state index in [0.29, 0.717) is 17.7 Å². The fraction of sp³-hybridized carbons (Fsp3) is 0.348. The number of para-hydroxylation sites is 1. The summed E-state index contributed by atoms with van der Waals surface area (Å²) in [6.45, 7) is -0.236. The van der Waals surface area contributed by atoms with Crippen molar-refractivity contribution < 1.29 is 33.1 Å². The van der Waals surface area contributed by atoms with Gasteiger partial charge in [0.15, 0.2) is 17.3 Å². The van der Waals surface area contributed by atoms with Gasteiger partial charge in [-0.2, -0.15) is 8.78 Å². The van der Waals surface area contributed by atoms with Gasteiger partial charge in [-0.3, -0.25) is 4.79 Å². The Kier molecular flexibility index (Phi) is 7.41. The number of ether oxygens (including phenoxy) is 2. The van der Waals surface area contributed by atoms with E-state index in [9.17, 15) is 18.7 Å². The van der Waals surface area contributed by atoms with E-state index < -0.39 is 6.61 Å². The van der Waals surface area contributed by atoms with Gasteiger partial charge in [0.05, 0.1) is 20.2 Å². The molecule has 0 bridgehead atoms. The second-order valence-electron chi connectivity index (χ2n) is 7.29. The molecule has 1 aliphatic rings. The van der Waals surface area contributed by atoms with Gasteiger partial charge in [0.2, 0.25) is 0 Å². The number of piperidine rings is 1. The minimum Gasteiger partial charge on any atom is -0.507 e. The maximum Gasteiger partial charge on any atom is 0.387 e. The summed E-state index contributed by atoms with van der Waals surface area (Å²) in [6.07, 6.45) is 6.30. The molecular weight excluding hydrogens is 392 g/mol. The average Bonchev–Trinajstić information content (AvgIpc) is 2.74. The zero-order chi connectivity index (χ0) is 21.5. The van der Waals surface area contributed by atoms with Crippen LogP contribution in [0.1, 0.15) is 40.7 Å². The first-order valence-electron chi connectivity index (χ1n) is 9.97. The number of hydrogen-bond acceptors (Lipinski definition) is 4.